The molecule has 0 amide bonds. The molecular formula is C10H16N2O2. The van der Waals surface area contributed by atoms with Crippen molar-refractivity contribution in [1.29, 1.82) is 0 Å². The molecule has 1 fully saturated rings. The summed E-state index contributed by atoms with van der Waals surface area (Å²) in [6, 6.07) is 0. The van der Waals surface area contributed by atoms with Crippen molar-refractivity contribution >= 4 is 0 Å². The lowest BCUT2D eigenvalue weighted by molar-refractivity contribution is 0.366. The molecule has 1 aliphatic rings. The Morgan fingerprint density at radius 2 is 1.79 bits per heavy atom. The SMILES string of the molecule is O=c1[nH]nc(C2CCCCCCC2)o1. The average molecular weight is 196 g/mol. The molecule has 1 aromatic heterocycles. The Bertz CT molecular complexity index is 321. The normalized spacial score (nSPS) is 20.3. The molecule has 1 aromatic rings. The lowest BCUT2D eigenvalue weighted by atomic mass is 9.91. The summed E-state index contributed by atoms with van der Waals surface area (Å²) in [5.74, 6) is 0.535. The lowest BCUT2D eigenvalue weighted by Crippen LogP contribution is -2.02. The Morgan fingerprint density at radius 3 is 2.36 bits per heavy atom. The number of aromatic nitrogens is 2. The Labute approximate surface area is 82.7 Å². The first-order valence-electron chi connectivity index (χ1n) is 5.41. The Balaban J connectivity index is 2.04. The van der Waals surface area contributed by atoms with Crippen LogP contribution < -0.4 is 5.76 Å². The van der Waals surface area contributed by atoms with Crippen LogP contribution in [0.4, 0.5) is 0 Å². The molecular weight excluding hydrogens is 180 g/mol. The molecule has 4 nitrogen and oxygen atoms in total. The maximum absolute atomic E-state index is 10.8. The van der Waals surface area contributed by atoms with Gasteiger partial charge in [-0.05, 0) is 12.8 Å². The molecule has 1 aliphatic carbocycles. The van der Waals surface area contributed by atoms with Gasteiger partial charge < -0.3 is 4.42 Å². The zero-order valence-corrected chi connectivity index (χ0v) is 8.29. The monoisotopic (exact) mass is 196 g/mol. The smallest absolute Gasteiger partial charge is 0.392 e. The van der Waals surface area contributed by atoms with Crippen LogP contribution in [0.1, 0.15) is 56.8 Å². The van der Waals surface area contributed by atoms with Crippen molar-refractivity contribution in [2.45, 2.75) is 50.9 Å². The van der Waals surface area contributed by atoms with Crippen molar-refractivity contribution in [2.24, 2.45) is 0 Å². The molecule has 0 atom stereocenters. The van der Waals surface area contributed by atoms with Crippen molar-refractivity contribution in [3.63, 3.8) is 0 Å². The minimum absolute atomic E-state index is 0.356. The molecule has 78 valence electrons. The number of nitrogens with one attached hydrogen (secondary N) is 1. The van der Waals surface area contributed by atoms with Gasteiger partial charge in [0.1, 0.15) is 0 Å². The third-order valence-corrected chi connectivity index (χ3v) is 2.91. The van der Waals surface area contributed by atoms with Gasteiger partial charge in [-0.1, -0.05) is 32.1 Å². The van der Waals surface area contributed by atoms with Crippen LogP contribution in [0.15, 0.2) is 9.21 Å². The molecule has 4 heteroatoms. The second-order valence-corrected chi connectivity index (χ2v) is 3.99. The second kappa shape index (κ2) is 4.44. The fraction of sp³-hybridized carbons (Fsp3) is 0.800. The van der Waals surface area contributed by atoms with Crippen LogP contribution in [-0.4, -0.2) is 10.2 Å². The van der Waals surface area contributed by atoms with Gasteiger partial charge in [0.2, 0.25) is 5.89 Å². The van der Waals surface area contributed by atoms with E-state index >= 15 is 0 Å². The van der Waals surface area contributed by atoms with Crippen LogP contribution >= 0.6 is 0 Å². The maximum Gasteiger partial charge on any atom is 0.434 e. The number of H-pyrrole nitrogens is 1. The lowest BCUT2D eigenvalue weighted by Gasteiger charge is -2.15. The predicted molar refractivity (Wildman–Crippen MR) is 52.2 cm³/mol. The average Bonchev–Trinajstić information content (AvgIpc) is 2.51. The fourth-order valence-electron chi connectivity index (χ4n) is 2.12. The van der Waals surface area contributed by atoms with Crippen molar-refractivity contribution in [2.75, 3.05) is 0 Å². The van der Waals surface area contributed by atoms with Crippen LogP contribution in [0.3, 0.4) is 0 Å². The summed E-state index contributed by atoms with van der Waals surface area (Å²) in [5, 5.41) is 6.24. The number of rotatable bonds is 1. The Hall–Kier alpha value is -1.06. The molecule has 14 heavy (non-hydrogen) atoms. The fourth-order valence-corrected chi connectivity index (χ4v) is 2.12. The van der Waals surface area contributed by atoms with Gasteiger partial charge in [-0.3, -0.25) is 0 Å². The zero-order chi connectivity index (χ0) is 9.80. The summed E-state index contributed by atoms with van der Waals surface area (Å²) in [7, 11) is 0. The van der Waals surface area contributed by atoms with Crippen LogP contribution in [0.5, 0.6) is 0 Å². The molecule has 2 rings (SSSR count). The molecule has 0 aliphatic heterocycles. The Kier molecular flexibility index (Phi) is 3.01. The van der Waals surface area contributed by atoms with Crippen molar-refractivity contribution < 1.29 is 4.42 Å². The van der Waals surface area contributed by atoms with Gasteiger partial charge in [-0.2, -0.15) is 0 Å². The summed E-state index contributed by atoms with van der Waals surface area (Å²) in [6.07, 6.45) is 8.59. The molecule has 1 heterocycles. The van der Waals surface area contributed by atoms with Crippen LogP contribution in [0.2, 0.25) is 0 Å². The number of aromatic amines is 1. The topological polar surface area (TPSA) is 58.9 Å². The summed E-state index contributed by atoms with van der Waals surface area (Å²) >= 11 is 0. The molecule has 0 saturated heterocycles. The van der Waals surface area contributed by atoms with Crippen LogP contribution in [-0.2, 0) is 0 Å². The quantitative estimate of drug-likeness (QED) is 0.749. The molecule has 0 bridgehead atoms. The number of hydrogen-bond acceptors (Lipinski definition) is 3. The van der Waals surface area contributed by atoms with Crippen LogP contribution in [0, 0.1) is 0 Å². The van der Waals surface area contributed by atoms with Gasteiger partial charge in [0.05, 0.1) is 0 Å². The van der Waals surface area contributed by atoms with E-state index in [0.29, 0.717) is 11.8 Å². The van der Waals surface area contributed by atoms with E-state index in [1.165, 1.54) is 32.1 Å². The highest BCUT2D eigenvalue weighted by atomic mass is 16.4. The van der Waals surface area contributed by atoms with Gasteiger partial charge in [-0.25, -0.2) is 9.89 Å². The molecule has 0 aromatic carbocycles. The van der Waals surface area contributed by atoms with Crippen molar-refractivity contribution in [3.05, 3.63) is 16.4 Å². The van der Waals surface area contributed by atoms with Gasteiger partial charge >= 0.3 is 5.76 Å². The predicted octanol–water partition coefficient (Wildman–Crippen LogP) is 2.19. The summed E-state index contributed by atoms with van der Waals surface area (Å²) < 4.78 is 5.00. The summed E-state index contributed by atoms with van der Waals surface area (Å²) in [6.45, 7) is 0. The van der Waals surface area contributed by atoms with Crippen molar-refractivity contribution in [3.8, 4) is 0 Å². The summed E-state index contributed by atoms with van der Waals surface area (Å²) in [5.41, 5.74) is 0. The van der Waals surface area contributed by atoms with Gasteiger partial charge in [0.15, 0.2) is 0 Å². The molecule has 1 N–H and O–H groups in total. The van der Waals surface area contributed by atoms with E-state index < -0.39 is 5.76 Å². The van der Waals surface area contributed by atoms with Crippen molar-refractivity contribution in [1.82, 2.24) is 10.2 Å². The van der Waals surface area contributed by atoms with E-state index in [1.54, 1.807) is 0 Å². The second-order valence-electron chi connectivity index (χ2n) is 3.99. The first-order valence-corrected chi connectivity index (χ1v) is 5.41. The molecule has 0 spiro atoms. The molecule has 0 radical (unpaired) electrons. The van der Waals surface area contributed by atoms with Crippen LogP contribution in [0.25, 0.3) is 0 Å². The maximum atomic E-state index is 10.8. The summed E-state index contributed by atoms with van der Waals surface area (Å²) in [4.78, 5) is 10.8. The van der Waals surface area contributed by atoms with Gasteiger partial charge in [0, 0.05) is 5.92 Å². The third kappa shape index (κ3) is 2.25. The largest absolute Gasteiger partial charge is 0.434 e. The number of nitrogens with zero attached hydrogens (tertiary/aromatic N) is 1. The molecule has 1 saturated carbocycles. The van der Waals surface area contributed by atoms with E-state index in [0.717, 1.165) is 12.8 Å². The van der Waals surface area contributed by atoms with E-state index in [9.17, 15) is 4.79 Å². The van der Waals surface area contributed by atoms with E-state index in [-0.39, 0.29) is 0 Å². The molecule has 0 unspecified atom stereocenters. The minimum Gasteiger partial charge on any atom is -0.392 e. The third-order valence-electron chi connectivity index (χ3n) is 2.91. The first-order chi connectivity index (χ1) is 6.86. The number of hydrogen-bond donors (Lipinski definition) is 1. The highest BCUT2D eigenvalue weighted by molar-refractivity contribution is 4.88. The van der Waals surface area contributed by atoms with Gasteiger partial charge in [-0.15, -0.1) is 5.10 Å². The van der Waals surface area contributed by atoms with E-state index in [4.69, 9.17) is 4.42 Å². The highest BCUT2D eigenvalue weighted by Gasteiger charge is 2.18. The van der Waals surface area contributed by atoms with E-state index in [1.807, 2.05) is 0 Å². The minimum atomic E-state index is -0.429. The van der Waals surface area contributed by atoms with E-state index in [2.05, 4.69) is 10.2 Å². The highest BCUT2D eigenvalue weighted by Crippen LogP contribution is 2.28. The van der Waals surface area contributed by atoms with Gasteiger partial charge in [0.25, 0.3) is 0 Å². The first kappa shape index (κ1) is 9.49. The standard InChI is InChI=1S/C10H16N2O2/c13-10-12-11-9(14-10)8-6-4-2-1-3-5-7-8/h8H,1-7H2,(H,12,13). The Morgan fingerprint density at radius 1 is 1.14 bits per heavy atom. The zero-order valence-electron chi connectivity index (χ0n) is 8.29.